The average Bonchev–Trinajstić information content (AvgIpc) is 2.65. The fraction of sp³-hybridized carbons (Fsp3) is 0.478. The number of ether oxygens (including phenoxy) is 2. The summed E-state index contributed by atoms with van der Waals surface area (Å²) in [6.07, 6.45) is 4.90. The van der Waals surface area contributed by atoms with E-state index in [-0.39, 0.29) is 0 Å². The van der Waals surface area contributed by atoms with Gasteiger partial charge in [-0.25, -0.2) is 0 Å². The van der Waals surface area contributed by atoms with Gasteiger partial charge in [-0.05, 0) is 42.2 Å². The number of rotatable bonds is 12. The molecule has 0 heterocycles. The van der Waals surface area contributed by atoms with Gasteiger partial charge in [-0.2, -0.15) is 0 Å². The van der Waals surface area contributed by atoms with E-state index in [0.717, 1.165) is 43.4 Å². The van der Waals surface area contributed by atoms with Gasteiger partial charge < -0.3 is 14.8 Å². The van der Waals surface area contributed by atoms with Gasteiger partial charge in [-0.3, -0.25) is 0 Å². The molecule has 2 rings (SSSR count). The molecule has 3 nitrogen and oxygen atoms in total. The van der Waals surface area contributed by atoms with E-state index >= 15 is 0 Å². The maximum atomic E-state index is 5.86. The minimum Gasteiger partial charge on any atom is -0.494 e. The molecule has 0 amide bonds. The molecule has 0 aromatic heterocycles. The monoisotopic (exact) mass is 355 g/mol. The van der Waals surface area contributed by atoms with Crippen LogP contribution in [0.4, 0.5) is 5.69 Å². The summed E-state index contributed by atoms with van der Waals surface area (Å²) >= 11 is 0. The predicted molar refractivity (Wildman–Crippen MR) is 110 cm³/mol. The first-order valence-electron chi connectivity index (χ1n) is 9.86. The fourth-order valence-corrected chi connectivity index (χ4v) is 2.63. The molecule has 0 bridgehead atoms. The molecule has 142 valence electrons. The summed E-state index contributed by atoms with van der Waals surface area (Å²) in [5, 5.41) is 3.47. The molecule has 0 aliphatic heterocycles. The van der Waals surface area contributed by atoms with E-state index in [1.165, 1.54) is 24.8 Å². The maximum absolute atomic E-state index is 5.86. The smallest absolute Gasteiger partial charge is 0.121 e. The van der Waals surface area contributed by atoms with Crippen molar-refractivity contribution in [2.45, 2.75) is 53.0 Å². The molecule has 0 radical (unpaired) electrons. The van der Waals surface area contributed by atoms with Crippen LogP contribution in [0.2, 0.25) is 0 Å². The van der Waals surface area contributed by atoms with Crippen LogP contribution in [0.25, 0.3) is 0 Å². The predicted octanol–water partition coefficient (Wildman–Crippen LogP) is 6.29. The van der Waals surface area contributed by atoms with Crippen LogP contribution in [0.1, 0.15) is 52.0 Å². The SMILES string of the molecule is CCCCCCOc1cccc(NCc2cccc(OCC(C)C)c2)c1. The largest absolute Gasteiger partial charge is 0.494 e. The highest BCUT2D eigenvalue weighted by Gasteiger charge is 2.01. The van der Waals surface area contributed by atoms with E-state index in [4.69, 9.17) is 9.47 Å². The summed E-state index contributed by atoms with van der Waals surface area (Å²) in [5.41, 5.74) is 2.28. The van der Waals surface area contributed by atoms with Crippen LogP contribution in [-0.4, -0.2) is 13.2 Å². The van der Waals surface area contributed by atoms with Crippen molar-refractivity contribution in [1.29, 1.82) is 0 Å². The second-order valence-corrected chi connectivity index (χ2v) is 7.14. The lowest BCUT2D eigenvalue weighted by Gasteiger charge is -2.12. The minimum absolute atomic E-state index is 0.529. The summed E-state index contributed by atoms with van der Waals surface area (Å²) in [5.74, 6) is 2.39. The number of anilines is 1. The first kappa shape index (κ1) is 20.2. The minimum atomic E-state index is 0.529. The zero-order valence-corrected chi connectivity index (χ0v) is 16.5. The normalized spacial score (nSPS) is 10.8. The zero-order chi connectivity index (χ0) is 18.6. The molecule has 0 saturated heterocycles. The van der Waals surface area contributed by atoms with Gasteiger partial charge in [0.05, 0.1) is 13.2 Å². The number of unbranched alkanes of at least 4 members (excludes halogenated alkanes) is 3. The van der Waals surface area contributed by atoms with Gasteiger partial charge in [0, 0.05) is 18.3 Å². The van der Waals surface area contributed by atoms with Crippen molar-refractivity contribution in [2.24, 2.45) is 5.92 Å². The molecule has 0 atom stereocenters. The van der Waals surface area contributed by atoms with Crippen LogP contribution in [-0.2, 0) is 6.54 Å². The Morgan fingerprint density at radius 1 is 0.885 bits per heavy atom. The third-order valence-corrected chi connectivity index (χ3v) is 4.08. The van der Waals surface area contributed by atoms with Crippen LogP contribution in [0, 0.1) is 5.92 Å². The van der Waals surface area contributed by atoms with E-state index in [0.29, 0.717) is 5.92 Å². The third kappa shape index (κ3) is 7.81. The summed E-state index contributed by atoms with van der Waals surface area (Å²) in [7, 11) is 0. The third-order valence-electron chi connectivity index (χ3n) is 4.08. The Morgan fingerprint density at radius 3 is 2.42 bits per heavy atom. The Balaban J connectivity index is 1.81. The molecule has 2 aromatic carbocycles. The molecule has 0 aliphatic carbocycles. The van der Waals surface area contributed by atoms with E-state index in [1.807, 2.05) is 24.3 Å². The van der Waals surface area contributed by atoms with Crippen LogP contribution in [0.3, 0.4) is 0 Å². The number of benzene rings is 2. The van der Waals surface area contributed by atoms with Crippen molar-refractivity contribution >= 4 is 5.69 Å². The summed E-state index contributed by atoms with van der Waals surface area (Å²) in [6.45, 7) is 8.84. The zero-order valence-electron chi connectivity index (χ0n) is 16.5. The lowest BCUT2D eigenvalue weighted by molar-refractivity contribution is 0.271. The van der Waals surface area contributed by atoms with Gasteiger partial charge in [0.1, 0.15) is 11.5 Å². The van der Waals surface area contributed by atoms with E-state index in [1.54, 1.807) is 0 Å². The topological polar surface area (TPSA) is 30.5 Å². The van der Waals surface area contributed by atoms with Crippen LogP contribution < -0.4 is 14.8 Å². The quantitative estimate of drug-likeness (QED) is 0.454. The fourth-order valence-electron chi connectivity index (χ4n) is 2.63. The molecular weight excluding hydrogens is 322 g/mol. The van der Waals surface area contributed by atoms with Crippen LogP contribution >= 0.6 is 0 Å². The summed E-state index contributed by atoms with van der Waals surface area (Å²) in [6, 6.07) is 16.5. The van der Waals surface area contributed by atoms with E-state index in [2.05, 4.69) is 50.4 Å². The summed E-state index contributed by atoms with van der Waals surface area (Å²) in [4.78, 5) is 0. The Labute approximate surface area is 158 Å². The molecular formula is C23H33NO2. The van der Waals surface area contributed by atoms with Crippen molar-refractivity contribution in [3.63, 3.8) is 0 Å². The Morgan fingerprint density at radius 2 is 1.65 bits per heavy atom. The lowest BCUT2D eigenvalue weighted by Crippen LogP contribution is -2.05. The van der Waals surface area contributed by atoms with Gasteiger partial charge in [0.15, 0.2) is 0 Å². The highest BCUT2D eigenvalue weighted by atomic mass is 16.5. The van der Waals surface area contributed by atoms with Gasteiger partial charge in [-0.1, -0.05) is 58.2 Å². The molecule has 0 unspecified atom stereocenters. The van der Waals surface area contributed by atoms with Crippen molar-refractivity contribution < 1.29 is 9.47 Å². The molecule has 0 aliphatic rings. The van der Waals surface area contributed by atoms with Gasteiger partial charge in [0.25, 0.3) is 0 Å². The Kier molecular flexibility index (Phi) is 8.88. The summed E-state index contributed by atoms with van der Waals surface area (Å²) < 4.78 is 11.7. The van der Waals surface area contributed by atoms with Crippen LogP contribution in [0.15, 0.2) is 48.5 Å². The van der Waals surface area contributed by atoms with E-state index < -0.39 is 0 Å². The second kappa shape index (κ2) is 11.5. The Bertz CT molecular complexity index is 640. The van der Waals surface area contributed by atoms with E-state index in [9.17, 15) is 0 Å². The highest BCUT2D eigenvalue weighted by molar-refractivity contribution is 5.48. The molecule has 0 fully saturated rings. The number of hydrogen-bond acceptors (Lipinski definition) is 3. The van der Waals surface area contributed by atoms with Crippen molar-refractivity contribution in [3.05, 3.63) is 54.1 Å². The van der Waals surface area contributed by atoms with Gasteiger partial charge in [0.2, 0.25) is 0 Å². The molecule has 0 saturated carbocycles. The average molecular weight is 356 g/mol. The lowest BCUT2D eigenvalue weighted by atomic mass is 10.2. The first-order valence-corrected chi connectivity index (χ1v) is 9.86. The van der Waals surface area contributed by atoms with Crippen molar-refractivity contribution in [3.8, 4) is 11.5 Å². The molecule has 0 spiro atoms. The van der Waals surface area contributed by atoms with Crippen molar-refractivity contribution in [2.75, 3.05) is 18.5 Å². The first-order chi connectivity index (χ1) is 12.7. The second-order valence-electron chi connectivity index (χ2n) is 7.14. The molecule has 1 N–H and O–H groups in total. The molecule has 2 aromatic rings. The van der Waals surface area contributed by atoms with Gasteiger partial charge in [-0.15, -0.1) is 0 Å². The maximum Gasteiger partial charge on any atom is 0.121 e. The van der Waals surface area contributed by atoms with Crippen molar-refractivity contribution in [1.82, 2.24) is 0 Å². The highest BCUT2D eigenvalue weighted by Crippen LogP contribution is 2.20. The molecule has 26 heavy (non-hydrogen) atoms. The number of hydrogen-bond donors (Lipinski definition) is 1. The van der Waals surface area contributed by atoms with Gasteiger partial charge >= 0.3 is 0 Å². The van der Waals surface area contributed by atoms with Crippen LogP contribution in [0.5, 0.6) is 11.5 Å². The standard InChI is InChI=1S/C23H33NO2/c1-4-5-6-7-14-25-23-13-9-11-21(16-23)24-17-20-10-8-12-22(15-20)26-18-19(2)3/h8-13,15-16,19,24H,4-7,14,17-18H2,1-3H3. The molecule has 3 heteroatoms. The number of nitrogens with one attached hydrogen (secondary N) is 1. The Hall–Kier alpha value is -2.16.